The number of hydrogen-bond donors (Lipinski definition) is 1. The summed E-state index contributed by atoms with van der Waals surface area (Å²) in [7, 11) is 0. The lowest BCUT2D eigenvalue weighted by molar-refractivity contribution is 0.625. The van der Waals surface area contributed by atoms with E-state index < -0.39 is 0 Å². The first-order valence-electron chi connectivity index (χ1n) is 6.89. The molecule has 0 bridgehead atoms. The smallest absolute Gasteiger partial charge is 0.140 e. The molecule has 0 saturated heterocycles. The van der Waals surface area contributed by atoms with Crippen molar-refractivity contribution >= 4 is 17.2 Å². The molecule has 3 aromatic rings. The van der Waals surface area contributed by atoms with Gasteiger partial charge in [0.1, 0.15) is 18.0 Å². The van der Waals surface area contributed by atoms with Crippen LogP contribution in [0.3, 0.4) is 0 Å². The highest BCUT2D eigenvalue weighted by Crippen LogP contribution is 2.35. The SMILES string of the molecule is NCc1cc(F)ccc1N(c1ccccc1)c1ccncn1. The minimum Gasteiger partial charge on any atom is -0.326 e. The average molecular weight is 294 g/mol. The standard InChI is InChI=1S/C17H15FN4/c18-14-6-7-16(13(10-14)11-19)22(15-4-2-1-3-5-15)17-8-9-20-12-21-17/h1-10,12H,11,19H2. The summed E-state index contributed by atoms with van der Waals surface area (Å²) in [5, 5.41) is 0. The Morgan fingerprint density at radius 1 is 1.05 bits per heavy atom. The normalized spacial score (nSPS) is 10.5. The van der Waals surface area contributed by atoms with E-state index in [1.165, 1.54) is 18.5 Å². The third kappa shape index (κ3) is 2.80. The van der Waals surface area contributed by atoms with Crippen LogP contribution in [0.2, 0.25) is 0 Å². The van der Waals surface area contributed by atoms with Crippen molar-refractivity contribution in [2.45, 2.75) is 6.54 Å². The highest BCUT2D eigenvalue weighted by molar-refractivity contribution is 5.76. The Bertz CT molecular complexity index is 708. The van der Waals surface area contributed by atoms with E-state index in [-0.39, 0.29) is 12.4 Å². The molecule has 2 aromatic carbocycles. The average Bonchev–Trinajstić information content (AvgIpc) is 2.58. The van der Waals surface area contributed by atoms with Crippen LogP contribution >= 0.6 is 0 Å². The number of halogens is 1. The first kappa shape index (κ1) is 14.2. The predicted octanol–water partition coefficient (Wildman–Crippen LogP) is 3.54. The maximum absolute atomic E-state index is 13.5. The summed E-state index contributed by atoms with van der Waals surface area (Å²) in [6.45, 7) is 0.238. The zero-order valence-corrected chi connectivity index (χ0v) is 11.9. The Morgan fingerprint density at radius 2 is 1.86 bits per heavy atom. The Kier molecular flexibility index (Phi) is 4.07. The third-order valence-corrected chi connectivity index (χ3v) is 3.31. The maximum Gasteiger partial charge on any atom is 0.140 e. The number of nitrogens with zero attached hydrogens (tertiary/aromatic N) is 3. The van der Waals surface area contributed by atoms with Crippen LogP contribution in [-0.2, 0) is 6.54 Å². The molecule has 5 heteroatoms. The van der Waals surface area contributed by atoms with E-state index >= 15 is 0 Å². The molecule has 1 heterocycles. The van der Waals surface area contributed by atoms with Crippen molar-refractivity contribution in [1.29, 1.82) is 0 Å². The lowest BCUT2D eigenvalue weighted by Crippen LogP contribution is -2.15. The molecule has 1 aromatic heterocycles. The third-order valence-electron chi connectivity index (χ3n) is 3.31. The van der Waals surface area contributed by atoms with Gasteiger partial charge in [-0.25, -0.2) is 14.4 Å². The minimum absolute atomic E-state index is 0.238. The highest BCUT2D eigenvalue weighted by atomic mass is 19.1. The molecular formula is C17H15FN4. The topological polar surface area (TPSA) is 55.0 Å². The number of para-hydroxylation sites is 1. The minimum atomic E-state index is -0.306. The largest absolute Gasteiger partial charge is 0.326 e. The molecule has 0 aliphatic heterocycles. The molecule has 4 nitrogen and oxygen atoms in total. The Labute approximate surface area is 128 Å². The molecule has 0 saturated carbocycles. The van der Waals surface area contributed by atoms with Gasteiger partial charge in [-0.3, -0.25) is 4.90 Å². The van der Waals surface area contributed by atoms with E-state index in [1.807, 2.05) is 35.2 Å². The molecule has 110 valence electrons. The quantitative estimate of drug-likeness (QED) is 0.799. The van der Waals surface area contributed by atoms with Gasteiger partial charge < -0.3 is 5.73 Å². The van der Waals surface area contributed by atoms with E-state index in [9.17, 15) is 4.39 Å². The van der Waals surface area contributed by atoms with Crippen LogP contribution < -0.4 is 10.6 Å². The van der Waals surface area contributed by atoms with Gasteiger partial charge in [-0.15, -0.1) is 0 Å². The van der Waals surface area contributed by atoms with Crippen molar-refractivity contribution in [3.05, 3.63) is 78.5 Å². The predicted molar refractivity (Wildman–Crippen MR) is 84.6 cm³/mol. The van der Waals surface area contributed by atoms with Gasteiger partial charge in [-0.05, 0) is 42.0 Å². The van der Waals surface area contributed by atoms with E-state index in [0.717, 1.165) is 11.4 Å². The summed E-state index contributed by atoms with van der Waals surface area (Å²) in [5.41, 5.74) is 8.22. The number of benzene rings is 2. The molecule has 0 fully saturated rings. The fourth-order valence-corrected chi connectivity index (χ4v) is 2.32. The monoisotopic (exact) mass is 294 g/mol. The van der Waals surface area contributed by atoms with Crippen molar-refractivity contribution in [2.75, 3.05) is 4.90 Å². The summed E-state index contributed by atoms with van der Waals surface area (Å²) in [6.07, 6.45) is 3.15. The van der Waals surface area contributed by atoms with Crippen molar-refractivity contribution in [2.24, 2.45) is 5.73 Å². The summed E-state index contributed by atoms with van der Waals surface area (Å²) >= 11 is 0. The maximum atomic E-state index is 13.5. The van der Waals surface area contributed by atoms with E-state index in [0.29, 0.717) is 11.4 Å². The molecule has 0 atom stereocenters. The van der Waals surface area contributed by atoms with Crippen LogP contribution in [0.4, 0.5) is 21.6 Å². The molecule has 0 amide bonds. The fraction of sp³-hybridized carbons (Fsp3) is 0.0588. The lowest BCUT2D eigenvalue weighted by Gasteiger charge is -2.26. The number of aromatic nitrogens is 2. The lowest BCUT2D eigenvalue weighted by atomic mass is 10.1. The van der Waals surface area contributed by atoms with Crippen LogP contribution in [-0.4, -0.2) is 9.97 Å². The Hall–Kier alpha value is -2.79. The van der Waals surface area contributed by atoms with Gasteiger partial charge in [0, 0.05) is 18.4 Å². The number of rotatable bonds is 4. The van der Waals surface area contributed by atoms with Gasteiger partial charge in [0.05, 0.1) is 5.69 Å². The van der Waals surface area contributed by atoms with Crippen LogP contribution in [0.5, 0.6) is 0 Å². The van der Waals surface area contributed by atoms with Gasteiger partial charge >= 0.3 is 0 Å². The van der Waals surface area contributed by atoms with Crippen molar-refractivity contribution in [3.63, 3.8) is 0 Å². The van der Waals surface area contributed by atoms with Crippen LogP contribution in [0.15, 0.2) is 67.1 Å². The first-order valence-corrected chi connectivity index (χ1v) is 6.89. The van der Waals surface area contributed by atoms with Crippen molar-refractivity contribution in [3.8, 4) is 0 Å². The molecule has 0 aliphatic carbocycles. The summed E-state index contributed by atoms with van der Waals surface area (Å²) in [4.78, 5) is 10.2. The second-order valence-corrected chi connectivity index (χ2v) is 4.72. The first-order chi connectivity index (χ1) is 10.8. The van der Waals surface area contributed by atoms with E-state index in [4.69, 9.17) is 5.73 Å². The molecule has 0 radical (unpaired) electrons. The van der Waals surface area contributed by atoms with Crippen LogP contribution in [0.25, 0.3) is 0 Å². The Balaban J connectivity index is 2.19. The van der Waals surface area contributed by atoms with Gasteiger partial charge in [0.15, 0.2) is 0 Å². The van der Waals surface area contributed by atoms with Gasteiger partial charge in [0.25, 0.3) is 0 Å². The molecular weight excluding hydrogens is 279 g/mol. The van der Waals surface area contributed by atoms with Gasteiger partial charge in [0.2, 0.25) is 0 Å². The molecule has 22 heavy (non-hydrogen) atoms. The summed E-state index contributed by atoms with van der Waals surface area (Å²) in [5.74, 6) is 0.391. The second kappa shape index (κ2) is 6.32. The van der Waals surface area contributed by atoms with E-state index in [1.54, 1.807) is 18.3 Å². The Morgan fingerprint density at radius 3 is 2.55 bits per heavy atom. The molecule has 3 rings (SSSR count). The van der Waals surface area contributed by atoms with Gasteiger partial charge in [-0.2, -0.15) is 0 Å². The second-order valence-electron chi connectivity index (χ2n) is 4.72. The highest BCUT2D eigenvalue weighted by Gasteiger charge is 2.16. The van der Waals surface area contributed by atoms with Gasteiger partial charge in [-0.1, -0.05) is 18.2 Å². The van der Waals surface area contributed by atoms with Crippen molar-refractivity contribution in [1.82, 2.24) is 9.97 Å². The molecule has 0 unspecified atom stereocenters. The zero-order chi connectivity index (χ0) is 15.4. The number of nitrogens with two attached hydrogens (primary N) is 1. The van der Waals surface area contributed by atoms with E-state index in [2.05, 4.69) is 9.97 Å². The van der Waals surface area contributed by atoms with Crippen LogP contribution in [0.1, 0.15) is 5.56 Å². The van der Waals surface area contributed by atoms with Crippen LogP contribution in [0, 0.1) is 5.82 Å². The number of hydrogen-bond acceptors (Lipinski definition) is 4. The fourth-order valence-electron chi connectivity index (χ4n) is 2.32. The summed E-state index contributed by atoms with van der Waals surface area (Å²) < 4.78 is 13.5. The molecule has 0 spiro atoms. The molecule has 0 aliphatic rings. The number of anilines is 3. The van der Waals surface area contributed by atoms with Crippen molar-refractivity contribution < 1.29 is 4.39 Å². The zero-order valence-electron chi connectivity index (χ0n) is 11.9. The molecule has 2 N–H and O–H groups in total. The summed E-state index contributed by atoms with van der Waals surface area (Å²) in [6, 6.07) is 16.1.